The molecular formula is C11H12N6. The van der Waals surface area contributed by atoms with E-state index >= 15 is 0 Å². The number of nitrogens with one attached hydrogen (secondary N) is 1. The predicted molar refractivity (Wildman–Crippen MR) is 63.9 cm³/mol. The van der Waals surface area contributed by atoms with Gasteiger partial charge in [0.2, 0.25) is 0 Å². The summed E-state index contributed by atoms with van der Waals surface area (Å²) in [5.41, 5.74) is 7.40. The average molecular weight is 228 g/mol. The van der Waals surface area contributed by atoms with Gasteiger partial charge in [0, 0.05) is 18.4 Å². The number of aryl methyl sites for hydroxylation is 1. The first-order valence-corrected chi connectivity index (χ1v) is 5.07. The number of hydrogen-bond donors (Lipinski definition) is 2. The van der Waals surface area contributed by atoms with Gasteiger partial charge >= 0.3 is 0 Å². The Morgan fingerprint density at radius 3 is 3.00 bits per heavy atom. The third-order valence-corrected chi connectivity index (χ3v) is 2.27. The third kappa shape index (κ3) is 2.52. The highest BCUT2D eigenvalue weighted by atomic mass is 15.3. The first kappa shape index (κ1) is 11.0. The topological polar surface area (TPSA) is 92.5 Å². The van der Waals surface area contributed by atoms with Gasteiger partial charge in [0.1, 0.15) is 12.4 Å². The van der Waals surface area contributed by atoms with Gasteiger partial charge in [0.15, 0.2) is 5.82 Å². The highest BCUT2D eigenvalue weighted by Gasteiger charge is 2.02. The minimum absolute atomic E-state index is 0.462. The zero-order valence-corrected chi connectivity index (χ0v) is 9.38. The number of nitrogens with zero attached hydrogens (tertiary/aromatic N) is 4. The number of rotatable bonds is 3. The molecule has 0 aliphatic heterocycles. The fraction of sp³-hybridized carbons (Fsp3) is 0.182. The van der Waals surface area contributed by atoms with Gasteiger partial charge in [-0.05, 0) is 18.2 Å². The first-order valence-electron chi connectivity index (χ1n) is 5.07. The Balaban J connectivity index is 2.07. The second-order valence-corrected chi connectivity index (χ2v) is 3.60. The minimum atomic E-state index is 0.462. The number of nitrogen functional groups attached to an aromatic ring is 1. The largest absolute Gasteiger partial charge is 0.398 e. The summed E-state index contributed by atoms with van der Waals surface area (Å²) in [6, 6.07) is 7.26. The smallest absolute Gasteiger partial charge is 0.169 e. The maximum Gasteiger partial charge on any atom is 0.169 e. The van der Waals surface area contributed by atoms with Crippen LogP contribution < -0.4 is 11.1 Å². The zero-order chi connectivity index (χ0) is 12.3. The van der Waals surface area contributed by atoms with Crippen LogP contribution in [0, 0.1) is 11.3 Å². The molecule has 1 heterocycles. The van der Waals surface area contributed by atoms with E-state index in [1.807, 2.05) is 19.2 Å². The van der Waals surface area contributed by atoms with E-state index in [1.54, 1.807) is 23.1 Å². The molecule has 2 aromatic rings. The summed E-state index contributed by atoms with van der Waals surface area (Å²) in [5.74, 6) is 0.697. The summed E-state index contributed by atoms with van der Waals surface area (Å²) in [6.45, 7) is 0.510. The maximum absolute atomic E-state index is 8.85. The van der Waals surface area contributed by atoms with Crippen molar-refractivity contribution in [3.05, 3.63) is 35.9 Å². The van der Waals surface area contributed by atoms with Crippen LogP contribution in [0.4, 0.5) is 11.4 Å². The molecule has 1 aromatic heterocycles. The van der Waals surface area contributed by atoms with Crippen molar-refractivity contribution in [1.82, 2.24) is 14.8 Å². The Kier molecular flexibility index (Phi) is 2.92. The summed E-state index contributed by atoms with van der Waals surface area (Å²) in [5, 5.41) is 16.1. The van der Waals surface area contributed by atoms with Gasteiger partial charge in [-0.3, -0.25) is 4.68 Å². The van der Waals surface area contributed by atoms with Crippen LogP contribution in [0.25, 0.3) is 0 Å². The predicted octanol–water partition coefficient (Wildman–Crippen LogP) is 0.881. The summed E-state index contributed by atoms with van der Waals surface area (Å²) in [6.07, 6.45) is 1.64. The second kappa shape index (κ2) is 4.53. The van der Waals surface area contributed by atoms with E-state index in [2.05, 4.69) is 15.4 Å². The molecule has 86 valence electrons. The number of benzene rings is 1. The van der Waals surface area contributed by atoms with Crippen LogP contribution >= 0.6 is 0 Å². The molecule has 0 aliphatic rings. The number of nitriles is 1. The van der Waals surface area contributed by atoms with Crippen molar-refractivity contribution in [2.24, 2.45) is 7.05 Å². The highest BCUT2D eigenvalue weighted by molar-refractivity contribution is 5.61. The summed E-state index contributed by atoms with van der Waals surface area (Å²) in [7, 11) is 1.81. The van der Waals surface area contributed by atoms with E-state index < -0.39 is 0 Å². The van der Waals surface area contributed by atoms with Crippen LogP contribution in [0.15, 0.2) is 24.5 Å². The van der Waals surface area contributed by atoms with E-state index in [1.165, 1.54) is 0 Å². The van der Waals surface area contributed by atoms with E-state index in [4.69, 9.17) is 11.0 Å². The van der Waals surface area contributed by atoms with Crippen molar-refractivity contribution in [2.75, 3.05) is 11.1 Å². The Morgan fingerprint density at radius 1 is 1.53 bits per heavy atom. The standard InChI is InChI=1S/C11H12N6/c1-17-7-15-11(16-17)6-14-9-2-3-10(13)8(4-9)5-12/h2-4,7,14H,6,13H2,1H3. The molecule has 0 spiro atoms. The molecule has 6 nitrogen and oxygen atoms in total. The minimum Gasteiger partial charge on any atom is -0.398 e. The monoisotopic (exact) mass is 228 g/mol. The molecule has 0 bridgehead atoms. The number of hydrogen-bond acceptors (Lipinski definition) is 5. The van der Waals surface area contributed by atoms with Crippen molar-refractivity contribution in [2.45, 2.75) is 6.54 Å². The Hall–Kier alpha value is -2.55. The van der Waals surface area contributed by atoms with Gasteiger partial charge in [-0.15, -0.1) is 0 Å². The first-order chi connectivity index (χ1) is 8.19. The van der Waals surface area contributed by atoms with Crippen LogP contribution in [-0.4, -0.2) is 14.8 Å². The lowest BCUT2D eigenvalue weighted by molar-refractivity contribution is 0.747. The number of aromatic nitrogens is 3. The Bertz CT molecular complexity index is 566. The van der Waals surface area contributed by atoms with Gasteiger partial charge in [0.05, 0.1) is 12.1 Å². The molecule has 0 radical (unpaired) electrons. The van der Waals surface area contributed by atoms with Crippen molar-refractivity contribution >= 4 is 11.4 Å². The van der Waals surface area contributed by atoms with Gasteiger partial charge in [-0.25, -0.2) is 4.98 Å². The zero-order valence-electron chi connectivity index (χ0n) is 9.38. The molecule has 0 aliphatic carbocycles. The molecule has 0 fully saturated rings. The molecule has 0 saturated carbocycles. The molecule has 0 atom stereocenters. The van der Waals surface area contributed by atoms with Crippen molar-refractivity contribution in [1.29, 1.82) is 5.26 Å². The normalized spacial score (nSPS) is 9.88. The molecule has 3 N–H and O–H groups in total. The van der Waals surface area contributed by atoms with Crippen LogP contribution in [0.2, 0.25) is 0 Å². The van der Waals surface area contributed by atoms with E-state index in [0.717, 1.165) is 5.69 Å². The molecular weight excluding hydrogens is 216 g/mol. The molecule has 2 rings (SSSR count). The van der Waals surface area contributed by atoms with Crippen molar-refractivity contribution in [3.63, 3.8) is 0 Å². The Labute approximate surface area is 98.7 Å². The van der Waals surface area contributed by atoms with Crippen LogP contribution in [0.1, 0.15) is 11.4 Å². The highest BCUT2D eigenvalue weighted by Crippen LogP contribution is 2.17. The van der Waals surface area contributed by atoms with E-state index in [0.29, 0.717) is 23.6 Å². The quantitative estimate of drug-likeness (QED) is 0.761. The number of nitrogens with two attached hydrogens (primary N) is 1. The SMILES string of the molecule is Cn1cnc(CNc2ccc(N)c(C#N)c2)n1. The maximum atomic E-state index is 8.85. The average Bonchev–Trinajstić information content (AvgIpc) is 2.74. The molecule has 6 heteroatoms. The second-order valence-electron chi connectivity index (χ2n) is 3.60. The van der Waals surface area contributed by atoms with Crippen molar-refractivity contribution < 1.29 is 0 Å². The molecule has 17 heavy (non-hydrogen) atoms. The van der Waals surface area contributed by atoms with Crippen LogP contribution in [-0.2, 0) is 13.6 Å². The van der Waals surface area contributed by atoms with Gasteiger partial charge in [0.25, 0.3) is 0 Å². The fourth-order valence-electron chi connectivity index (χ4n) is 1.41. The molecule has 0 amide bonds. The lowest BCUT2D eigenvalue weighted by atomic mass is 10.2. The van der Waals surface area contributed by atoms with E-state index in [-0.39, 0.29) is 0 Å². The van der Waals surface area contributed by atoms with Gasteiger partial charge in [-0.1, -0.05) is 0 Å². The molecule has 0 unspecified atom stereocenters. The number of anilines is 2. The summed E-state index contributed by atoms with van der Waals surface area (Å²) >= 11 is 0. The van der Waals surface area contributed by atoms with Crippen LogP contribution in [0.5, 0.6) is 0 Å². The molecule has 0 saturated heterocycles. The van der Waals surface area contributed by atoms with Gasteiger partial charge < -0.3 is 11.1 Å². The lowest BCUT2D eigenvalue weighted by Gasteiger charge is -2.05. The third-order valence-electron chi connectivity index (χ3n) is 2.27. The van der Waals surface area contributed by atoms with Crippen LogP contribution in [0.3, 0.4) is 0 Å². The fourth-order valence-corrected chi connectivity index (χ4v) is 1.41. The summed E-state index contributed by atoms with van der Waals surface area (Å²) < 4.78 is 1.64. The van der Waals surface area contributed by atoms with Gasteiger partial charge in [-0.2, -0.15) is 10.4 Å². The van der Waals surface area contributed by atoms with E-state index in [9.17, 15) is 0 Å². The Morgan fingerprint density at radius 2 is 2.35 bits per heavy atom. The summed E-state index contributed by atoms with van der Waals surface area (Å²) in [4.78, 5) is 4.09. The lowest BCUT2D eigenvalue weighted by Crippen LogP contribution is -2.03. The molecule has 1 aromatic carbocycles. The van der Waals surface area contributed by atoms with Crippen molar-refractivity contribution in [3.8, 4) is 6.07 Å².